The molecule has 0 unspecified atom stereocenters. The maximum Gasteiger partial charge on any atom is 0.147 e. The first-order valence-corrected chi connectivity index (χ1v) is 0.986. The van der Waals surface area contributed by atoms with Crippen LogP contribution in [0.2, 0.25) is 0 Å². The Bertz CT molecular complexity index is 55.1. The quantitative estimate of drug-likeness (QED) is 0.401. The van der Waals surface area contributed by atoms with Crippen LogP contribution in [0.1, 0.15) is 0 Å². The van der Waals surface area contributed by atoms with Gasteiger partial charge in [0.25, 0.3) is 0 Å². The standard InChI is InChI=1S/C2H2N2/c1-2-3-4-2/h1H,(H,3,4). The first kappa shape index (κ1) is 1.76. The van der Waals surface area contributed by atoms with Crippen molar-refractivity contribution in [1.82, 2.24) is 5.43 Å². The Hall–Kier alpha value is -0.530. The predicted octanol–water partition coefficient (Wildman–Crippen LogP) is -0.386. The van der Waals surface area contributed by atoms with Gasteiger partial charge in [0.15, 0.2) is 0 Å². The number of hydrazone groups is 1. The lowest BCUT2D eigenvalue weighted by Gasteiger charge is -1.43. The van der Waals surface area contributed by atoms with Crippen molar-refractivity contribution in [3.63, 3.8) is 0 Å². The van der Waals surface area contributed by atoms with Gasteiger partial charge in [-0.05, 0) is 0 Å². The molecule has 0 aromatic heterocycles. The molecule has 1 rings (SSSR count). The molecule has 0 aromatic carbocycles. The van der Waals surface area contributed by atoms with Crippen LogP contribution in [-0.2, 0) is 0 Å². The van der Waals surface area contributed by atoms with E-state index in [0.29, 0.717) is 5.84 Å². The van der Waals surface area contributed by atoms with E-state index in [2.05, 4.69) is 10.5 Å². The van der Waals surface area contributed by atoms with Crippen LogP contribution in [0.3, 0.4) is 0 Å². The van der Waals surface area contributed by atoms with Crippen LogP contribution in [0, 0.1) is 6.92 Å². The van der Waals surface area contributed by atoms with E-state index in [9.17, 15) is 0 Å². The average molecular weight is 54.1 g/mol. The van der Waals surface area contributed by atoms with Crippen LogP contribution in [0.25, 0.3) is 0 Å². The predicted molar refractivity (Wildman–Crippen MR) is 14.9 cm³/mol. The molecule has 1 aliphatic rings. The van der Waals surface area contributed by atoms with Crippen LogP contribution in [0.4, 0.5) is 0 Å². The fourth-order valence-corrected chi connectivity index (χ4v) is 0.0323. The van der Waals surface area contributed by atoms with Gasteiger partial charge in [-0.15, -0.1) is 0 Å². The van der Waals surface area contributed by atoms with Crippen LogP contribution in [0.5, 0.6) is 0 Å². The van der Waals surface area contributed by atoms with E-state index in [1.54, 1.807) is 0 Å². The van der Waals surface area contributed by atoms with Gasteiger partial charge in [0.1, 0.15) is 5.84 Å². The zero-order valence-electron chi connectivity index (χ0n) is 2.02. The number of nitrogens with zero attached hydrogens (tertiary/aromatic N) is 1. The monoisotopic (exact) mass is 54.0 g/mol. The van der Waals surface area contributed by atoms with Crippen molar-refractivity contribution < 1.29 is 0 Å². The van der Waals surface area contributed by atoms with Crippen molar-refractivity contribution in [2.24, 2.45) is 5.10 Å². The largest absolute Gasteiger partial charge is 0.261 e. The Labute approximate surface area is 24.5 Å². The van der Waals surface area contributed by atoms with Gasteiger partial charge >= 0.3 is 0 Å². The normalized spacial score (nSPS) is 17.8. The van der Waals surface area contributed by atoms with Crippen molar-refractivity contribution in [3.8, 4) is 0 Å². The second kappa shape index (κ2) is 0.267. The highest BCUT2D eigenvalue weighted by Gasteiger charge is 1.94. The SMILES string of the molecule is [CH]C1=NN1. The lowest BCUT2D eigenvalue weighted by Crippen LogP contribution is -1.79. The second-order valence-corrected chi connectivity index (χ2v) is 0.609. The van der Waals surface area contributed by atoms with E-state index in [-0.39, 0.29) is 0 Å². The summed E-state index contributed by atoms with van der Waals surface area (Å²) in [5, 5.41) is 3.35. The molecule has 0 spiro atoms. The van der Waals surface area contributed by atoms with Crippen molar-refractivity contribution >= 4 is 5.84 Å². The molecule has 0 fully saturated rings. The lowest BCUT2D eigenvalue weighted by atomic mass is 10.8. The lowest BCUT2D eigenvalue weighted by molar-refractivity contribution is 1.26. The highest BCUT2D eigenvalue weighted by molar-refractivity contribution is 5.94. The number of hydrogen-bond donors (Lipinski definition) is 1. The number of amidine groups is 1. The molecule has 0 bridgehead atoms. The Kier molecular flexibility index (Phi) is 0.117. The van der Waals surface area contributed by atoms with Gasteiger partial charge in [-0.2, -0.15) is 5.10 Å². The minimum absolute atomic E-state index is 0.542. The van der Waals surface area contributed by atoms with Crippen molar-refractivity contribution in [2.45, 2.75) is 0 Å². The molecule has 2 heteroatoms. The van der Waals surface area contributed by atoms with Crippen LogP contribution >= 0.6 is 0 Å². The summed E-state index contributed by atoms with van der Waals surface area (Å²) in [4.78, 5) is 0. The average Bonchev–Trinajstić information content (AvgIpc) is 1.75. The Morgan fingerprint density at radius 3 is 2.25 bits per heavy atom. The molecule has 1 N–H and O–H groups in total. The second-order valence-electron chi connectivity index (χ2n) is 0.609. The highest BCUT2D eigenvalue weighted by atomic mass is 15.5. The molecule has 0 saturated heterocycles. The Balaban J connectivity index is 2.54. The van der Waals surface area contributed by atoms with Gasteiger partial charge in [-0.25, -0.2) is 0 Å². The summed E-state index contributed by atoms with van der Waals surface area (Å²) in [5.41, 5.74) is 2.42. The molecular formula is C2H2N2. The van der Waals surface area contributed by atoms with Crippen molar-refractivity contribution in [1.29, 1.82) is 0 Å². The number of nitrogens with one attached hydrogen (secondary N) is 1. The molecule has 0 amide bonds. The molecule has 0 atom stereocenters. The summed E-state index contributed by atoms with van der Waals surface area (Å²) in [6.07, 6.45) is 0. The van der Waals surface area contributed by atoms with E-state index in [1.807, 2.05) is 0 Å². The Morgan fingerprint density at radius 2 is 2.25 bits per heavy atom. The topological polar surface area (TPSA) is 34.3 Å². The molecule has 2 radical (unpaired) electrons. The van der Waals surface area contributed by atoms with Crippen LogP contribution in [0.15, 0.2) is 5.10 Å². The fourth-order valence-electron chi connectivity index (χ4n) is 0.0323. The maximum absolute atomic E-state index is 4.86. The van der Waals surface area contributed by atoms with E-state index >= 15 is 0 Å². The summed E-state index contributed by atoms with van der Waals surface area (Å²) >= 11 is 0. The molecule has 20 valence electrons. The Morgan fingerprint density at radius 1 is 2.00 bits per heavy atom. The zero-order valence-corrected chi connectivity index (χ0v) is 2.02. The molecule has 1 heterocycles. The highest BCUT2D eigenvalue weighted by Crippen LogP contribution is 1.77. The van der Waals surface area contributed by atoms with E-state index in [0.717, 1.165) is 0 Å². The molecule has 2 nitrogen and oxygen atoms in total. The van der Waals surface area contributed by atoms with Crippen molar-refractivity contribution in [2.75, 3.05) is 0 Å². The minimum Gasteiger partial charge on any atom is -0.261 e. The smallest absolute Gasteiger partial charge is 0.147 e. The van der Waals surface area contributed by atoms with Crippen LogP contribution < -0.4 is 5.43 Å². The molecule has 0 aromatic rings. The third-order valence-corrected chi connectivity index (χ3v) is 0.241. The summed E-state index contributed by atoms with van der Waals surface area (Å²) < 4.78 is 0. The van der Waals surface area contributed by atoms with Gasteiger partial charge in [0.2, 0.25) is 0 Å². The summed E-state index contributed by atoms with van der Waals surface area (Å²) in [6, 6.07) is 0. The summed E-state index contributed by atoms with van der Waals surface area (Å²) in [5.74, 6) is 0.542. The molecule has 0 saturated carbocycles. The molecular weight excluding hydrogens is 52.0 g/mol. The first-order chi connectivity index (χ1) is 1.89. The number of hydrogen-bond acceptors (Lipinski definition) is 2. The third kappa shape index (κ3) is 0.0532. The van der Waals surface area contributed by atoms with E-state index in [4.69, 9.17) is 6.92 Å². The van der Waals surface area contributed by atoms with Gasteiger partial charge in [-0.3, -0.25) is 5.43 Å². The summed E-state index contributed by atoms with van der Waals surface area (Å²) in [6.45, 7) is 4.86. The third-order valence-electron chi connectivity index (χ3n) is 0.241. The van der Waals surface area contributed by atoms with Crippen LogP contribution in [-0.4, -0.2) is 5.84 Å². The van der Waals surface area contributed by atoms with E-state index in [1.165, 1.54) is 0 Å². The first-order valence-electron chi connectivity index (χ1n) is 0.986. The minimum atomic E-state index is 0.542. The number of rotatable bonds is 0. The van der Waals surface area contributed by atoms with Gasteiger partial charge < -0.3 is 0 Å². The van der Waals surface area contributed by atoms with Gasteiger partial charge in [-0.1, -0.05) is 0 Å². The van der Waals surface area contributed by atoms with Gasteiger partial charge in [0, 0.05) is 6.92 Å². The molecule has 1 aliphatic heterocycles. The summed E-state index contributed by atoms with van der Waals surface area (Å²) in [7, 11) is 0. The van der Waals surface area contributed by atoms with E-state index < -0.39 is 0 Å². The molecule has 4 heavy (non-hydrogen) atoms. The maximum atomic E-state index is 4.86. The fraction of sp³-hybridized carbons (Fsp3) is 0. The molecule has 0 aliphatic carbocycles. The van der Waals surface area contributed by atoms with Gasteiger partial charge in [0.05, 0.1) is 0 Å². The van der Waals surface area contributed by atoms with Crippen molar-refractivity contribution in [3.05, 3.63) is 6.92 Å². The zero-order chi connectivity index (χ0) is 2.99.